The van der Waals surface area contributed by atoms with Crippen LogP contribution in [0.15, 0.2) is 37.6 Å². The lowest BCUT2D eigenvalue weighted by molar-refractivity contribution is -0.140. The lowest BCUT2D eigenvalue weighted by atomic mass is 9.95. The number of nitrogens with zero attached hydrogens (tertiary/aromatic N) is 1. The normalized spacial score (nSPS) is 14.1. The van der Waals surface area contributed by atoms with Crippen molar-refractivity contribution in [3.8, 4) is 5.95 Å². The Morgan fingerprint density at radius 3 is 2.44 bits per heavy atom. The molecule has 43 heavy (non-hydrogen) atoms. The minimum atomic E-state index is -0.646. The van der Waals surface area contributed by atoms with Gasteiger partial charge in [0.05, 0.1) is 29.4 Å². The first-order chi connectivity index (χ1) is 20.6. The van der Waals surface area contributed by atoms with Crippen LogP contribution < -0.4 is 16.3 Å². The minimum Gasteiger partial charge on any atom is -0.480 e. The molecular weight excluding hydrogens is 544 g/mol. The third-order valence-corrected chi connectivity index (χ3v) is 8.78. The van der Waals surface area contributed by atoms with E-state index in [1.807, 2.05) is 39.0 Å². The third kappa shape index (κ3) is 4.34. The number of ether oxygens (including phenoxy) is 1. The van der Waals surface area contributed by atoms with Gasteiger partial charge < -0.3 is 29.2 Å². The molecule has 0 radical (unpaired) electrons. The van der Waals surface area contributed by atoms with Crippen LogP contribution in [0.3, 0.4) is 0 Å². The molecular formula is C34H34N4O5. The number of aryl methyl sites for hydroxylation is 1. The van der Waals surface area contributed by atoms with E-state index in [9.17, 15) is 14.7 Å². The molecule has 0 saturated heterocycles. The summed E-state index contributed by atoms with van der Waals surface area (Å²) in [6, 6.07) is 0. The van der Waals surface area contributed by atoms with Crippen LogP contribution in [0.2, 0.25) is 0 Å². The number of esters is 1. The molecule has 0 unspecified atom stereocenters. The second-order valence-electron chi connectivity index (χ2n) is 11.0. The molecule has 0 saturated carbocycles. The molecule has 0 amide bonds. The molecule has 4 aromatic heterocycles. The Hall–Kier alpha value is -5.05. The summed E-state index contributed by atoms with van der Waals surface area (Å²) in [5.41, 5.74) is 10.2. The first kappa shape index (κ1) is 28.1. The smallest absolute Gasteiger partial charge is 0.348 e. The molecule has 220 valence electrons. The summed E-state index contributed by atoms with van der Waals surface area (Å²) in [5.74, 6) is -0.899. The molecule has 0 atom stereocenters. The number of allylic oxidation sites excluding steroid dienone is 2. The largest absolute Gasteiger partial charge is 0.480 e. The predicted octanol–water partition coefficient (Wildman–Crippen LogP) is 4.70. The first-order valence-corrected chi connectivity index (χ1v) is 14.3. The van der Waals surface area contributed by atoms with Crippen LogP contribution in [-0.2, 0) is 16.0 Å². The zero-order valence-electron chi connectivity index (χ0n) is 25.2. The van der Waals surface area contributed by atoms with Gasteiger partial charge in [-0.2, -0.15) is 0 Å². The Balaban J connectivity index is 1.77. The zero-order valence-corrected chi connectivity index (χ0v) is 25.2. The van der Waals surface area contributed by atoms with Crippen LogP contribution >= 0.6 is 0 Å². The number of hydrogen-bond acceptors (Lipinski definition) is 6. The number of carbonyl (C=O) groups excluding carboxylic acids is 1. The number of rotatable bonds is 5. The van der Waals surface area contributed by atoms with Crippen LogP contribution in [0.25, 0.3) is 35.2 Å². The van der Waals surface area contributed by atoms with E-state index < -0.39 is 11.6 Å². The Kier molecular flexibility index (Phi) is 6.76. The Labute approximate surface area is 247 Å². The second-order valence-corrected chi connectivity index (χ2v) is 11.0. The molecule has 9 nitrogen and oxygen atoms in total. The number of aromatic amines is 3. The van der Waals surface area contributed by atoms with Crippen molar-refractivity contribution in [2.75, 3.05) is 7.11 Å². The van der Waals surface area contributed by atoms with Gasteiger partial charge in [0.1, 0.15) is 5.56 Å². The van der Waals surface area contributed by atoms with Crippen molar-refractivity contribution in [2.45, 2.75) is 53.9 Å². The fourth-order valence-electron chi connectivity index (χ4n) is 6.30. The zero-order chi connectivity index (χ0) is 30.7. The van der Waals surface area contributed by atoms with Crippen LogP contribution in [0.1, 0.15) is 77.2 Å². The van der Waals surface area contributed by atoms with Gasteiger partial charge in [0.25, 0.3) is 5.95 Å². The number of nitrogens with one attached hydrogen (secondary N) is 3. The van der Waals surface area contributed by atoms with Crippen LogP contribution in [0.5, 0.6) is 5.95 Å². The Morgan fingerprint density at radius 1 is 1.02 bits per heavy atom. The molecule has 0 aliphatic carbocycles. The molecule has 4 N–H and O–H groups in total. The van der Waals surface area contributed by atoms with E-state index in [-0.39, 0.29) is 18.0 Å². The fraction of sp³-hybridized carbons (Fsp3) is 0.265. The maximum Gasteiger partial charge on any atom is 0.348 e. The monoisotopic (exact) mass is 578 g/mol. The van der Waals surface area contributed by atoms with E-state index in [1.165, 1.54) is 7.11 Å². The number of H-pyrrole nitrogens is 3. The van der Waals surface area contributed by atoms with Crippen molar-refractivity contribution < 1.29 is 19.1 Å². The number of aromatic hydroxyl groups is 1. The molecule has 0 spiro atoms. The highest BCUT2D eigenvalue weighted by Crippen LogP contribution is 2.38. The summed E-state index contributed by atoms with van der Waals surface area (Å²) in [7, 11) is 1.35. The fourth-order valence-corrected chi connectivity index (χ4v) is 6.30. The average Bonchev–Trinajstić information content (AvgIpc) is 3.65. The summed E-state index contributed by atoms with van der Waals surface area (Å²) in [4.78, 5) is 40.8. The lowest BCUT2D eigenvalue weighted by Gasteiger charge is -2.10. The van der Waals surface area contributed by atoms with Gasteiger partial charge in [-0.1, -0.05) is 19.6 Å². The van der Waals surface area contributed by atoms with Crippen molar-refractivity contribution >= 4 is 46.9 Å². The van der Waals surface area contributed by atoms with Crippen molar-refractivity contribution in [2.24, 2.45) is 4.99 Å². The van der Waals surface area contributed by atoms with E-state index in [4.69, 9.17) is 14.1 Å². The number of aromatic nitrogens is 3. The topological polar surface area (TPSA) is 136 Å². The number of hydrogen-bond donors (Lipinski definition) is 4. The highest BCUT2D eigenvalue weighted by Gasteiger charge is 2.30. The SMILES string of the molecule is C=Cc1c2[nH]c(c1C)C=C1N=C(C(CCC(=O)OC)=C1C)c1c(O)oc(=O)c3c(C)c([nH]c13)C=c1[nH]c(c(C)c1CC)=C2. The highest BCUT2D eigenvalue weighted by molar-refractivity contribution is 6.22. The van der Waals surface area contributed by atoms with Gasteiger partial charge in [-0.25, -0.2) is 9.79 Å². The summed E-state index contributed by atoms with van der Waals surface area (Å²) >= 11 is 0. The average molecular weight is 579 g/mol. The summed E-state index contributed by atoms with van der Waals surface area (Å²) in [5, 5.41) is 13.3. The van der Waals surface area contributed by atoms with Gasteiger partial charge in [0, 0.05) is 39.8 Å². The molecule has 2 aliphatic rings. The van der Waals surface area contributed by atoms with Gasteiger partial charge in [-0.3, -0.25) is 4.79 Å². The standard InChI is InChI=1S/C34H34N4O5/c1-8-19-15(3)22-12-24-17(5)21(10-11-28(39)42-7)31(37-24)30-32-29(33(40)43-34(30)41)18(6)25(38-32)14-27-20(9-2)16(4)23(36-27)13-26(19)35-22/h8,12-14,35-36,38,41H,1,9-11H2,2-7H3. The number of fused-ring (bicyclic) bond motifs is 7. The van der Waals surface area contributed by atoms with Gasteiger partial charge >= 0.3 is 11.6 Å². The summed E-state index contributed by atoms with van der Waals surface area (Å²) in [6.45, 7) is 14.1. The summed E-state index contributed by atoms with van der Waals surface area (Å²) in [6.07, 6.45) is 9.13. The number of carbonyl (C=O) groups is 1. The number of aliphatic imine (C=N–C) groups is 1. The van der Waals surface area contributed by atoms with Crippen LogP contribution in [-0.4, -0.2) is 38.8 Å². The van der Waals surface area contributed by atoms with Gasteiger partial charge in [-0.15, -0.1) is 0 Å². The Morgan fingerprint density at radius 2 is 1.74 bits per heavy atom. The van der Waals surface area contributed by atoms with Gasteiger partial charge in [0.15, 0.2) is 0 Å². The minimum absolute atomic E-state index is 0.119. The third-order valence-electron chi connectivity index (χ3n) is 8.78. The van der Waals surface area contributed by atoms with Gasteiger partial charge in [0.2, 0.25) is 0 Å². The van der Waals surface area contributed by atoms with Crippen LogP contribution in [0, 0.1) is 20.8 Å². The molecule has 0 aromatic carbocycles. The summed E-state index contributed by atoms with van der Waals surface area (Å²) < 4.78 is 10.3. The van der Waals surface area contributed by atoms with E-state index in [2.05, 4.69) is 41.5 Å². The van der Waals surface area contributed by atoms with E-state index in [1.54, 1.807) is 0 Å². The maximum absolute atomic E-state index is 13.1. The first-order valence-electron chi connectivity index (χ1n) is 14.3. The van der Waals surface area contributed by atoms with Crippen molar-refractivity contribution in [3.63, 3.8) is 0 Å². The Bertz CT molecular complexity index is 2160. The quantitative estimate of drug-likeness (QED) is 0.255. The molecule has 4 aromatic rings. The van der Waals surface area contributed by atoms with Crippen molar-refractivity contribution in [1.29, 1.82) is 0 Å². The van der Waals surface area contributed by atoms with E-state index in [0.29, 0.717) is 40.0 Å². The lowest BCUT2D eigenvalue weighted by Crippen LogP contribution is -2.12. The molecule has 6 heterocycles. The maximum atomic E-state index is 13.1. The van der Waals surface area contributed by atoms with Gasteiger partial charge in [-0.05, 0) is 92.2 Å². The van der Waals surface area contributed by atoms with Crippen LogP contribution in [0.4, 0.5) is 0 Å². The molecule has 6 rings (SSSR count). The number of methoxy groups -OCH3 is 1. The van der Waals surface area contributed by atoms with E-state index >= 15 is 0 Å². The predicted molar refractivity (Wildman–Crippen MR) is 169 cm³/mol. The highest BCUT2D eigenvalue weighted by atomic mass is 16.5. The van der Waals surface area contributed by atoms with E-state index in [0.717, 1.165) is 61.9 Å². The van der Waals surface area contributed by atoms with Crippen molar-refractivity contribution in [1.82, 2.24) is 15.0 Å². The van der Waals surface area contributed by atoms with Crippen molar-refractivity contribution in [3.05, 3.63) is 95.0 Å². The molecule has 0 fully saturated rings. The molecule has 9 heteroatoms. The second kappa shape index (κ2) is 10.3. The molecule has 8 bridgehead atoms. The molecule has 2 aliphatic heterocycles.